The quantitative estimate of drug-likeness (QED) is 0.883. The molecule has 0 bridgehead atoms. The minimum atomic E-state index is -0.396. The predicted molar refractivity (Wildman–Crippen MR) is 69.7 cm³/mol. The minimum Gasteiger partial charge on any atom is -0.306 e. The molecule has 2 atom stereocenters. The Kier molecular flexibility index (Phi) is 3.61. The van der Waals surface area contributed by atoms with Crippen LogP contribution in [0.2, 0.25) is 5.02 Å². The molecule has 0 aromatic heterocycles. The van der Waals surface area contributed by atoms with Crippen LogP contribution < -0.4 is 5.32 Å². The molecule has 0 radical (unpaired) electrons. The molecule has 1 saturated heterocycles. The molecule has 0 aliphatic carbocycles. The largest absolute Gasteiger partial charge is 0.306 e. The van der Waals surface area contributed by atoms with E-state index in [1.807, 2.05) is 13.8 Å². The number of benzene rings is 1. The Bertz CT molecular complexity index is 493. The highest BCUT2D eigenvalue weighted by atomic mass is 35.5. The van der Waals surface area contributed by atoms with Gasteiger partial charge in [0.1, 0.15) is 5.82 Å². The van der Waals surface area contributed by atoms with Gasteiger partial charge in [0.25, 0.3) is 0 Å². The van der Waals surface area contributed by atoms with Gasteiger partial charge < -0.3 is 5.32 Å². The van der Waals surface area contributed by atoms with Gasteiger partial charge in [0.05, 0.1) is 16.5 Å². The number of hydrogen-bond donors (Lipinski definition) is 1. The molecule has 18 heavy (non-hydrogen) atoms. The van der Waals surface area contributed by atoms with E-state index in [1.54, 1.807) is 12.1 Å². The van der Waals surface area contributed by atoms with Crippen LogP contribution >= 0.6 is 11.6 Å². The summed E-state index contributed by atoms with van der Waals surface area (Å²) in [5.41, 5.74) is 0.594. The molecule has 0 unspecified atom stereocenters. The second-order valence-corrected chi connectivity index (χ2v) is 5.76. The molecule has 4 heteroatoms. The number of nitrogens with zero attached hydrogens (tertiary/aromatic N) is 1. The van der Waals surface area contributed by atoms with Gasteiger partial charge in [-0.1, -0.05) is 17.7 Å². The first kappa shape index (κ1) is 13.3. The van der Waals surface area contributed by atoms with Gasteiger partial charge in [-0.05, 0) is 44.4 Å². The second-order valence-electron chi connectivity index (χ2n) is 5.36. The highest BCUT2D eigenvalue weighted by Gasteiger charge is 2.36. The molecule has 1 heterocycles. The van der Waals surface area contributed by atoms with E-state index in [-0.39, 0.29) is 17.1 Å². The monoisotopic (exact) mass is 266 g/mol. The molecule has 2 nitrogen and oxygen atoms in total. The zero-order valence-corrected chi connectivity index (χ0v) is 11.3. The predicted octanol–water partition coefficient (Wildman–Crippen LogP) is 3.82. The van der Waals surface area contributed by atoms with Crippen LogP contribution in [-0.2, 0) is 0 Å². The van der Waals surface area contributed by atoms with Crippen LogP contribution in [0.3, 0.4) is 0 Å². The summed E-state index contributed by atoms with van der Waals surface area (Å²) in [6, 6.07) is 7.45. The fourth-order valence-electron chi connectivity index (χ4n) is 2.38. The molecule has 0 amide bonds. The van der Waals surface area contributed by atoms with Gasteiger partial charge in [-0.25, -0.2) is 4.39 Å². The van der Waals surface area contributed by atoms with Crippen LogP contribution in [0.15, 0.2) is 18.2 Å². The molecule has 0 saturated carbocycles. The van der Waals surface area contributed by atoms with Gasteiger partial charge >= 0.3 is 0 Å². The average Bonchev–Trinajstić information content (AvgIpc) is 2.83. The average molecular weight is 267 g/mol. The lowest BCUT2D eigenvalue weighted by Crippen LogP contribution is -2.37. The van der Waals surface area contributed by atoms with E-state index in [0.717, 1.165) is 18.4 Å². The van der Waals surface area contributed by atoms with Crippen molar-refractivity contribution < 1.29 is 4.39 Å². The zero-order chi connectivity index (χ0) is 13.3. The maximum absolute atomic E-state index is 13.1. The summed E-state index contributed by atoms with van der Waals surface area (Å²) < 4.78 is 13.1. The Morgan fingerprint density at radius 1 is 1.44 bits per heavy atom. The lowest BCUT2D eigenvalue weighted by Gasteiger charge is -2.25. The van der Waals surface area contributed by atoms with E-state index in [9.17, 15) is 4.39 Å². The molecule has 1 aliphatic rings. The maximum atomic E-state index is 13.1. The van der Waals surface area contributed by atoms with Crippen molar-refractivity contribution in [2.24, 2.45) is 5.41 Å². The van der Waals surface area contributed by atoms with Crippen molar-refractivity contribution in [1.29, 1.82) is 5.26 Å². The zero-order valence-electron chi connectivity index (χ0n) is 10.5. The van der Waals surface area contributed by atoms with Crippen LogP contribution in [0.25, 0.3) is 0 Å². The van der Waals surface area contributed by atoms with Gasteiger partial charge in [0.15, 0.2) is 0 Å². The number of halogens is 2. The van der Waals surface area contributed by atoms with Gasteiger partial charge in [-0.15, -0.1) is 0 Å². The summed E-state index contributed by atoms with van der Waals surface area (Å²) in [5.74, 6) is -0.396. The lowest BCUT2D eigenvalue weighted by atomic mass is 9.85. The molecule has 0 spiro atoms. The fourth-order valence-corrected chi connectivity index (χ4v) is 2.57. The molecule has 1 aliphatic heterocycles. The van der Waals surface area contributed by atoms with Gasteiger partial charge in [-0.2, -0.15) is 5.26 Å². The molecule has 1 fully saturated rings. The van der Waals surface area contributed by atoms with Crippen molar-refractivity contribution in [3.63, 3.8) is 0 Å². The van der Waals surface area contributed by atoms with Crippen molar-refractivity contribution in [3.05, 3.63) is 34.6 Å². The molecule has 1 aromatic rings. The van der Waals surface area contributed by atoms with E-state index >= 15 is 0 Å². The standard InChI is InChI=1S/C14H16ClFN2/c1-14(2,8-17)13-6-5-12(18-13)9-3-4-11(16)10(15)7-9/h3-4,7,12-13,18H,5-6H2,1-2H3/t12-,13+/m0/s1. The molecule has 1 aromatic carbocycles. The topological polar surface area (TPSA) is 35.8 Å². The Balaban J connectivity index is 2.14. The lowest BCUT2D eigenvalue weighted by molar-refractivity contribution is 0.341. The summed E-state index contributed by atoms with van der Waals surface area (Å²) in [4.78, 5) is 0. The SMILES string of the molecule is CC(C)(C#N)[C@H]1CC[C@@H](c2ccc(F)c(Cl)c2)N1. The van der Waals surface area contributed by atoms with E-state index < -0.39 is 11.2 Å². The van der Waals surface area contributed by atoms with Crippen molar-refractivity contribution in [3.8, 4) is 6.07 Å². The summed E-state index contributed by atoms with van der Waals surface area (Å²) >= 11 is 5.79. The Morgan fingerprint density at radius 2 is 2.17 bits per heavy atom. The van der Waals surface area contributed by atoms with E-state index in [0.29, 0.717) is 0 Å². The Labute approximate surface area is 112 Å². The first-order valence-corrected chi connectivity index (χ1v) is 6.44. The number of hydrogen-bond acceptors (Lipinski definition) is 2. The van der Waals surface area contributed by atoms with Crippen LogP contribution in [-0.4, -0.2) is 6.04 Å². The van der Waals surface area contributed by atoms with Crippen LogP contribution in [0.5, 0.6) is 0 Å². The van der Waals surface area contributed by atoms with E-state index in [4.69, 9.17) is 16.9 Å². The van der Waals surface area contributed by atoms with Crippen molar-refractivity contribution in [2.45, 2.75) is 38.8 Å². The third-order valence-corrected chi connectivity index (χ3v) is 3.94. The first-order chi connectivity index (χ1) is 8.44. The Hall–Kier alpha value is -1.11. The van der Waals surface area contributed by atoms with Gasteiger partial charge in [0, 0.05) is 12.1 Å². The minimum absolute atomic E-state index is 0.150. The molecule has 1 N–H and O–H groups in total. The number of nitrogens with one attached hydrogen (secondary N) is 1. The van der Waals surface area contributed by atoms with Crippen molar-refractivity contribution in [1.82, 2.24) is 5.32 Å². The summed E-state index contributed by atoms with van der Waals surface area (Å²) in [6.07, 6.45) is 1.89. The highest BCUT2D eigenvalue weighted by Crippen LogP contribution is 2.35. The van der Waals surface area contributed by atoms with E-state index in [1.165, 1.54) is 6.07 Å². The maximum Gasteiger partial charge on any atom is 0.141 e. The van der Waals surface area contributed by atoms with Crippen LogP contribution in [0.1, 0.15) is 38.3 Å². The Morgan fingerprint density at radius 3 is 2.78 bits per heavy atom. The molecular formula is C14H16ClFN2. The summed E-state index contributed by atoms with van der Waals surface area (Å²) in [5, 5.41) is 12.7. The number of rotatable bonds is 2. The van der Waals surface area contributed by atoms with Crippen molar-refractivity contribution in [2.75, 3.05) is 0 Å². The molecule has 2 rings (SSSR count). The number of nitriles is 1. The van der Waals surface area contributed by atoms with Crippen molar-refractivity contribution >= 4 is 11.6 Å². The third kappa shape index (κ3) is 2.50. The smallest absolute Gasteiger partial charge is 0.141 e. The molecular weight excluding hydrogens is 251 g/mol. The summed E-state index contributed by atoms with van der Waals surface area (Å²) in [6.45, 7) is 3.87. The third-order valence-electron chi connectivity index (χ3n) is 3.65. The fraction of sp³-hybridized carbons (Fsp3) is 0.500. The first-order valence-electron chi connectivity index (χ1n) is 6.06. The van der Waals surface area contributed by atoms with E-state index in [2.05, 4.69) is 11.4 Å². The van der Waals surface area contributed by atoms with Crippen LogP contribution in [0, 0.1) is 22.6 Å². The highest BCUT2D eigenvalue weighted by molar-refractivity contribution is 6.30. The van der Waals surface area contributed by atoms with Gasteiger partial charge in [0.2, 0.25) is 0 Å². The van der Waals surface area contributed by atoms with Gasteiger partial charge in [-0.3, -0.25) is 0 Å². The van der Waals surface area contributed by atoms with Crippen LogP contribution in [0.4, 0.5) is 4.39 Å². The summed E-state index contributed by atoms with van der Waals surface area (Å²) in [7, 11) is 0. The molecule has 96 valence electrons. The normalized spacial score (nSPS) is 23.9. The second kappa shape index (κ2) is 4.87.